The van der Waals surface area contributed by atoms with Crippen molar-refractivity contribution in [2.24, 2.45) is 4.99 Å². The Morgan fingerprint density at radius 2 is 2.00 bits per heavy atom. The normalized spacial score (nSPS) is 11.0. The summed E-state index contributed by atoms with van der Waals surface area (Å²) in [6.45, 7) is 5.61. The second kappa shape index (κ2) is 10.4. The lowest BCUT2D eigenvalue weighted by Crippen LogP contribution is -2.31. The van der Waals surface area contributed by atoms with E-state index < -0.39 is 0 Å². The summed E-state index contributed by atoms with van der Waals surface area (Å²) in [5, 5.41) is 6.37. The maximum Gasteiger partial charge on any atom is 0.223 e. The number of guanidine groups is 1. The van der Waals surface area contributed by atoms with Crippen molar-refractivity contribution >= 4 is 17.6 Å². The lowest BCUT2D eigenvalue weighted by atomic mass is 10.2. The molecule has 0 atom stereocenters. The van der Waals surface area contributed by atoms with Gasteiger partial charge in [0.2, 0.25) is 5.91 Å². The van der Waals surface area contributed by atoms with Crippen LogP contribution in [0.2, 0.25) is 0 Å². The molecule has 0 aliphatic rings. The first kappa shape index (κ1) is 19.6. The van der Waals surface area contributed by atoms with E-state index in [9.17, 15) is 4.79 Å². The van der Waals surface area contributed by atoms with Gasteiger partial charge in [0.25, 0.3) is 0 Å². The molecule has 0 unspecified atom stereocenters. The molecular formula is C17H28N4O3. The molecule has 1 amide bonds. The van der Waals surface area contributed by atoms with Crippen LogP contribution in [0.25, 0.3) is 0 Å². The zero-order valence-corrected chi connectivity index (χ0v) is 15.2. The Balaban J connectivity index is 2.80. The van der Waals surface area contributed by atoms with Gasteiger partial charge in [-0.05, 0) is 26.0 Å². The van der Waals surface area contributed by atoms with Gasteiger partial charge >= 0.3 is 0 Å². The summed E-state index contributed by atoms with van der Waals surface area (Å²) in [6, 6.07) is 5.59. The van der Waals surface area contributed by atoms with E-state index in [0.29, 0.717) is 37.0 Å². The third-order valence-corrected chi connectivity index (χ3v) is 3.16. The van der Waals surface area contributed by atoms with E-state index in [2.05, 4.69) is 15.6 Å². The standard InChI is InChI=1S/C17H28N4O3/c1-6-18-17(19-11-10-16(22)21(3)4)20-13-8-9-14(23-5)15(12-13)24-7-2/h8-9,12H,6-7,10-11H2,1-5H3,(H2,18,19,20). The first-order chi connectivity index (χ1) is 11.5. The van der Waals surface area contributed by atoms with Crippen LogP contribution in [0.1, 0.15) is 20.3 Å². The molecule has 0 saturated heterocycles. The average molecular weight is 336 g/mol. The summed E-state index contributed by atoms with van der Waals surface area (Å²) in [7, 11) is 5.09. The number of rotatable bonds is 8. The number of hydrogen-bond acceptors (Lipinski definition) is 4. The van der Waals surface area contributed by atoms with Crippen molar-refractivity contribution in [3.05, 3.63) is 18.2 Å². The zero-order valence-electron chi connectivity index (χ0n) is 15.2. The van der Waals surface area contributed by atoms with Crippen molar-refractivity contribution < 1.29 is 14.3 Å². The van der Waals surface area contributed by atoms with E-state index in [1.54, 1.807) is 26.1 Å². The number of anilines is 1. The molecule has 7 heteroatoms. The highest BCUT2D eigenvalue weighted by atomic mass is 16.5. The van der Waals surface area contributed by atoms with E-state index in [0.717, 1.165) is 12.2 Å². The van der Waals surface area contributed by atoms with Crippen molar-refractivity contribution in [3.8, 4) is 11.5 Å². The molecule has 0 bridgehead atoms. The first-order valence-corrected chi connectivity index (χ1v) is 8.08. The molecule has 24 heavy (non-hydrogen) atoms. The van der Waals surface area contributed by atoms with E-state index in [4.69, 9.17) is 9.47 Å². The minimum atomic E-state index is 0.0534. The minimum absolute atomic E-state index is 0.0534. The number of carbonyl (C=O) groups is 1. The third-order valence-electron chi connectivity index (χ3n) is 3.16. The number of nitrogens with zero attached hydrogens (tertiary/aromatic N) is 2. The number of ether oxygens (including phenoxy) is 2. The van der Waals surface area contributed by atoms with Crippen molar-refractivity contribution in [3.63, 3.8) is 0 Å². The number of carbonyl (C=O) groups excluding carboxylic acids is 1. The Bertz CT molecular complexity index is 559. The quantitative estimate of drug-likeness (QED) is 0.561. The van der Waals surface area contributed by atoms with Crippen LogP contribution in [0.15, 0.2) is 23.2 Å². The van der Waals surface area contributed by atoms with Gasteiger partial charge in [-0.25, -0.2) is 0 Å². The fourth-order valence-electron chi connectivity index (χ4n) is 1.95. The third kappa shape index (κ3) is 6.36. The Hall–Kier alpha value is -2.44. The highest BCUT2D eigenvalue weighted by Crippen LogP contribution is 2.30. The molecule has 1 aromatic carbocycles. The summed E-state index contributed by atoms with van der Waals surface area (Å²) in [5.41, 5.74) is 0.831. The van der Waals surface area contributed by atoms with Crippen LogP contribution in [-0.4, -0.2) is 57.7 Å². The SMILES string of the molecule is CCNC(=NCCC(=O)N(C)C)Nc1ccc(OC)c(OCC)c1. The summed E-state index contributed by atoms with van der Waals surface area (Å²) in [6.07, 6.45) is 0.371. The highest BCUT2D eigenvalue weighted by molar-refractivity contribution is 5.94. The monoisotopic (exact) mass is 336 g/mol. The lowest BCUT2D eigenvalue weighted by Gasteiger charge is -2.14. The Morgan fingerprint density at radius 3 is 2.58 bits per heavy atom. The van der Waals surface area contributed by atoms with Gasteiger partial charge in [0, 0.05) is 38.8 Å². The molecule has 134 valence electrons. The Morgan fingerprint density at radius 1 is 1.25 bits per heavy atom. The fraction of sp³-hybridized carbons (Fsp3) is 0.529. The van der Waals surface area contributed by atoms with Gasteiger partial charge in [0.05, 0.1) is 20.3 Å². The van der Waals surface area contributed by atoms with Crippen molar-refractivity contribution in [2.45, 2.75) is 20.3 Å². The van der Waals surface area contributed by atoms with Gasteiger partial charge in [-0.1, -0.05) is 0 Å². The van der Waals surface area contributed by atoms with Gasteiger partial charge in [0.15, 0.2) is 17.5 Å². The summed E-state index contributed by atoms with van der Waals surface area (Å²) >= 11 is 0. The van der Waals surface area contributed by atoms with Crippen LogP contribution in [0.4, 0.5) is 5.69 Å². The molecule has 0 radical (unpaired) electrons. The van der Waals surface area contributed by atoms with Gasteiger partial charge in [0.1, 0.15) is 0 Å². The fourth-order valence-corrected chi connectivity index (χ4v) is 1.95. The van der Waals surface area contributed by atoms with E-state index in [1.807, 2.05) is 32.0 Å². The van der Waals surface area contributed by atoms with Crippen LogP contribution in [0.5, 0.6) is 11.5 Å². The van der Waals surface area contributed by atoms with Crippen LogP contribution in [0.3, 0.4) is 0 Å². The predicted octanol–water partition coefficient (Wildman–Crippen LogP) is 1.95. The minimum Gasteiger partial charge on any atom is -0.493 e. The number of benzene rings is 1. The van der Waals surface area contributed by atoms with Crippen LogP contribution in [-0.2, 0) is 4.79 Å². The number of aliphatic imine (C=N–C) groups is 1. The van der Waals surface area contributed by atoms with Crippen molar-refractivity contribution in [1.29, 1.82) is 0 Å². The molecular weight excluding hydrogens is 308 g/mol. The molecule has 0 saturated carbocycles. The number of hydrogen-bond donors (Lipinski definition) is 2. The van der Waals surface area contributed by atoms with Crippen LogP contribution >= 0.6 is 0 Å². The second-order valence-corrected chi connectivity index (χ2v) is 5.22. The summed E-state index contributed by atoms with van der Waals surface area (Å²) in [4.78, 5) is 17.6. The average Bonchev–Trinajstić information content (AvgIpc) is 2.55. The van der Waals surface area contributed by atoms with Crippen LogP contribution in [0, 0.1) is 0 Å². The zero-order chi connectivity index (χ0) is 17.9. The lowest BCUT2D eigenvalue weighted by molar-refractivity contribution is -0.128. The van der Waals surface area contributed by atoms with Crippen LogP contribution < -0.4 is 20.1 Å². The molecule has 1 aromatic rings. The maximum absolute atomic E-state index is 11.6. The summed E-state index contributed by atoms with van der Waals surface area (Å²) < 4.78 is 10.9. The van der Waals surface area contributed by atoms with Crippen molar-refractivity contribution in [1.82, 2.24) is 10.2 Å². The first-order valence-electron chi connectivity index (χ1n) is 8.08. The van der Waals surface area contributed by atoms with E-state index in [1.165, 1.54) is 0 Å². The summed E-state index contributed by atoms with van der Waals surface area (Å²) in [5.74, 6) is 2.03. The molecule has 0 spiro atoms. The second-order valence-electron chi connectivity index (χ2n) is 5.22. The number of methoxy groups -OCH3 is 1. The van der Waals surface area contributed by atoms with E-state index in [-0.39, 0.29) is 5.91 Å². The maximum atomic E-state index is 11.6. The molecule has 0 aliphatic heterocycles. The number of nitrogens with one attached hydrogen (secondary N) is 2. The largest absolute Gasteiger partial charge is 0.493 e. The van der Waals surface area contributed by atoms with Gasteiger partial charge in [-0.3, -0.25) is 9.79 Å². The number of amides is 1. The van der Waals surface area contributed by atoms with Crippen molar-refractivity contribution in [2.75, 3.05) is 46.2 Å². The molecule has 7 nitrogen and oxygen atoms in total. The smallest absolute Gasteiger partial charge is 0.223 e. The Kier molecular flexibility index (Phi) is 8.46. The molecule has 1 rings (SSSR count). The molecule has 0 aliphatic carbocycles. The predicted molar refractivity (Wildman–Crippen MR) is 97.1 cm³/mol. The highest BCUT2D eigenvalue weighted by Gasteiger charge is 2.07. The topological polar surface area (TPSA) is 75.2 Å². The molecule has 0 heterocycles. The van der Waals surface area contributed by atoms with Gasteiger partial charge in [-0.15, -0.1) is 0 Å². The molecule has 0 aromatic heterocycles. The van der Waals surface area contributed by atoms with Gasteiger partial charge in [-0.2, -0.15) is 0 Å². The molecule has 0 fully saturated rings. The van der Waals surface area contributed by atoms with E-state index >= 15 is 0 Å². The Labute approximate surface area is 144 Å². The molecule has 2 N–H and O–H groups in total. The van der Waals surface area contributed by atoms with Gasteiger partial charge < -0.3 is 25.0 Å².